The van der Waals surface area contributed by atoms with Crippen LogP contribution in [0.2, 0.25) is 0 Å². The second-order valence-electron chi connectivity index (χ2n) is 8.27. The number of rotatable bonds is 3. The van der Waals surface area contributed by atoms with Gasteiger partial charge in [0.05, 0.1) is 31.0 Å². The van der Waals surface area contributed by atoms with Gasteiger partial charge < -0.3 is 9.64 Å². The highest BCUT2D eigenvalue weighted by molar-refractivity contribution is 5.59. The van der Waals surface area contributed by atoms with Gasteiger partial charge in [0.2, 0.25) is 0 Å². The van der Waals surface area contributed by atoms with E-state index in [1.807, 2.05) is 6.07 Å². The molecule has 2 aliphatic rings. The van der Waals surface area contributed by atoms with Gasteiger partial charge in [0, 0.05) is 37.6 Å². The van der Waals surface area contributed by atoms with Crippen LogP contribution in [0.4, 0.5) is 19.0 Å². The number of pyridine rings is 1. The predicted octanol–water partition coefficient (Wildman–Crippen LogP) is 3.11. The van der Waals surface area contributed by atoms with E-state index in [1.54, 1.807) is 6.20 Å². The molecule has 0 aliphatic carbocycles. The first-order chi connectivity index (χ1) is 14.8. The van der Waals surface area contributed by atoms with Gasteiger partial charge in [-0.25, -0.2) is 15.0 Å². The molecule has 0 bridgehead atoms. The number of nitrogens with zero attached hydrogens (tertiary/aromatic N) is 6. The first-order valence-corrected chi connectivity index (χ1v) is 10.3. The highest BCUT2D eigenvalue weighted by Crippen LogP contribution is 2.31. The third-order valence-electron chi connectivity index (χ3n) is 6.06. The van der Waals surface area contributed by atoms with E-state index in [0.29, 0.717) is 35.3 Å². The van der Waals surface area contributed by atoms with Crippen molar-refractivity contribution < 1.29 is 17.9 Å². The Balaban J connectivity index is 1.45. The maximum absolute atomic E-state index is 13.2. The SMILES string of the molecule is CC1CN(c2ccnc(-c3cnc4ccc(C(F)(F)F)cn34)n2)CC(C)N1C1COC1. The smallest absolute Gasteiger partial charge is 0.378 e. The molecule has 164 valence electrons. The Kier molecular flexibility index (Phi) is 4.86. The normalized spacial score (nSPS) is 23.3. The van der Waals surface area contributed by atoms with Crippen LogP contribution in [-0.2, 0) is 10.9 Å². The number of ether oxygens (including phenoxy) is 1. The van der Waals surface area contributed by atoms with Crippen LogP contribution in [-0.4, -0.2) is 68.7 Å². The maximum Gasteiger partial charge on any atom is 0.417 e. The van der Waals surface area contributed by atoms with Crippen LogP contribution in [0.15, 0.2) is 36.8 Å². The van der Waals surface area contributed by atoms with Gasteiger partial charge in [-0.1, -0.05) is 0 Å². The largest absolute Gasteiger partial charge is 0.417 e. The van der Waals surface area contributed by atoms with Crippen molar-refractivity contribution in [1.82, 2.24) is 24.3 Å². The van der Waals surface area contributed by atoms with Crippen molar-refractivity contribution in [2.24, 2.45) is 0 Å². The third-order valence-corrected chi connectivity index (χ3v) is 6.06. The van der Waals surface area contributed by atoms with Gasteiger partial charge in [0.1, 0.15) is 17.2 Å². The molecule has 2 saturated heterocycles. The van der Waals surface area contributed by atoms with Crippen molar-refractivity contribution in [1.29, 1.82) is 0 Å². The van der Waals surface area contributed by atoms with E-state index in [1.165, 1.54) is 16.7 Å². The van der Waals surface area contributed by atoms with Crippen LogP contribution < -0.4 is 4.90 Å². The molecular formula is C21H23F3N6O. The Labute approximate surface area is 177 Å². The second kappa shape index (κ2) is 7.45. The lowest BCUT2D eigenvalue weighted by Gasteiger charge is -2.50. The fraction of sp³-hybridized carbons (Fsp3) is 0.476. The molecule has 2 fully saturated rings. The topological polar surface area (TPSA) is 58.8 Å². The van der Waals surface area contributed by atoms with Gasteiger partial charge in [-0.15, -0.1) is 0 Å². The van der Waals surface area contributed by atoms with Gasteiger partial charge in [-0.05, 0) is 32.0 Å². The minimum Gasteiger partial charge on any atom is -0.378 e. The summed E-state index contributed by atoms with van der Waals surface area (Å²) in [5.74, 6) is 1.11. The van der Waals surface area contributed by atoms with Gasteiger partial charge in [-0.3, -0.25) is 9.30 Å². The van der Waals surface area contributed by atoms with E-state index in [-0.39, 0.29) is 0 Å². The van der Waals surface area contributed by atoms with Crippen molar-refractivity contribution in [3.63, 3.8) is 0 Å². The zero-order valence-electron chi connectivity index (χ0n) is 17.3. The molecule has 5 heterocycles. The van der Waals surface area contributed by atoms with Crippen LogP contribution >= 0.6 is 0 Å². The van der Waals surface area contributed by atoms with Gasteiger partial charge in [0.15, 0.2) is 5.82 Å². The van der Waals surface area contributed by atoms with E-state index in [0.717, 1.165) is 44.4 Å². The number of hydrogen-bond donors (Lipinski definition) is 0. The summed E-state index contributed by atoms with van der Waals surface area (Å²) in [6, 6.07) is 5.36. The molecule has 0 spiro atoms. The van der Waals surface area contributed by atoms with Gasteiger partial charge in [0.25, 0.3) is 0 Å². The molecule has 31 heavy (non-hydrogen) atoms. The lowest BCUT2D eigenvalue weighted by atomic mass is 10.0. The zero-order chi connectivity index (χ0) is 21.8. The van der Waals surface area contributed by atoms with Gasteiger partial charge in [-0.2, -0.15) is 13.2 Å². The molecule has 0 saturated carbocycles. The molecule has 3 aromatic heterocycles. The fourth-order valence-corrected chi connectivity index (χ4v) is 4.60. The van der Waals surface area contributed by atoms with E-state index < -0.39 is 11.7 Å². The molecule has 5 rings (SSSR count). The molecular weight excluding hydrogens is 409 g/mol. The van der Waals surface area contributed by atoms with E-state index in [4.69, 9.17) is 4.74 Å². The number of piperazine rings is 1. The lowest BCUT2D eigenvalue weighted by molar-refractivity contribution is -0.137. The highest BCUT2D eigenvalue weighted by Gasteiger charge is 2.38. The Morgan fingerprint density at radius 2 is 1.77 bits per heavy atom. The summed E-state index contributed by atoms with van der Waals surface area (Å²) in [4.78, 5) is 17.9. The number of aromatic nitrogens is 4. The molecule has 0 aromatic carbocycles. The molecule has 0 radical (unpaired) electrons. The van der Waals surface area contributed by atoms with Crippen LogP contribution in [0.25, 0.3) is 17.2 Å². The summed E-state index contributed by atoms with van der Waals surface area (Å²) >= 11 is 0. The minimum absolute atomic E-state index is 0.334. The van der Waals surface area contributed by atoms with Crippen molar-refractivity contribution >= 4 is 11.5 Å². The quantitative estimate of drug-likeness (QED) is 0.634. The molecule has 0 N–H and O–H groups in total. The summed E-state index contributed by atoms with van der Waals surface area (Å²) in [5, 5.41) is 0. The average molecular weight is 432 g/mol. The van der Waals surface area contributed by atoms with Crippen molar-refractivity contribution in [3.8, 4) is 11.5 Å². The van der Waals surface area contributed by atoms with Crippen LogP contribution in [0.5, 0.6) is 0 Å². The van der Waals surface area contributed by atoms with Crippen molar-refractivity contribution in [2.45, 2.75) is 38.1 Å². The number of imidazole rings is 1. The second-order valence-corrected chi connectivity index (χ2v) is 8.27. The van der Waals surface area contributed by atoms with E-state index >= 15 is 0 Å². The fourth-order valence-electron chi connectivity index (χ4n) is 4.60. The predicted molar refractivity (Wildman–Crippen MR) is 109 cm³/mol. The number of anilines is 1. The van der Waals surface area contributed by atoms with Crippen LogP contribution in [0, 0.1) is 0 Å². The van der Waals surface area contributed by atoms with E-state index in [9.17, 15) is 13.2 Å². The number of fused-ring (bicyclic) bond motifs is 1. The maximum atomic E-state index is 13.2. The first-order valence-electron chi connectivity index (χ1n) is 10.3. The summed E-state index contributed by atoms with van der Waals surface area (Å²) in [6.45, 7) is 7.57. The third kappa shape index (κ3) is 3.63. The number of alkyl halides is 3. The molecule has 2 aliphatic heterocycles. The summed E-state index contributed by atoms with van der Waals surface area (Å²) in [5.41, 5.74) is 0.0963. The molecule has 0 amide bonds. The average Bonchev–Trinajstić information content (AvgIpc) is 3.12. The van der Waals surface area contributed by atoms with Gasteiger partial charge >= 0.3 is 6.18 Å². The van der Waals surface area contributed by atoms with E-state index in [2.05, 4.69) is 38.6 Å². The van der Waals surface area contributed by atoms with Crippen LogP contribution in [0.1, 0.15) is 19.4 Å². The Morgan fingerprint density at radius 3 is 2.42 bits per heavy atom. The summed E-state index contributed by atoms with van der Waals surface area (Å²) in [6.07, 6.45) is -0.242. The molecule has 7 nitrogen and oxygen atoms in total. The standard InChI is InChI=1S/C21H23F3N6O/c1-13-8-28(9-14(2)30(13)16-11-31-12-16)19-5-6-25-20(27-19)17-7-26-18-4-3-15(10-29(17)18)21(22,23)24/h3-7,10,13-14,16H,8-9,11-12H2,1-2H3. The highest BCUT2D eigenvalue weighted by atomic mass is 19.4. The monoisotopic (exact) mass is 432 g/mol. The summed E-state index contributed by atoms with van der Waals surface area (Å²) in [7, 11) is 0. The Morgan fingerprint density at radius 1 is 1.03 bits per heavy atom. The number of hydrogen-bond acceptors (Lipinski definition) is 6. The molecule has 10 heteroatoms. The molecule has 3 aromatic rings. The number of halogens is 3. The summed E-state index contributed by atoms with van der Waals surface area (Å²) < 4.78 is 46.3. The first kappa shape index (κ1) is 20.2. The van der Waals surface area contributed by atoms with Crippen LogP contribution in [0.3, 0.4) is 0 Å². The molecule has 2 unspecified atom stereocenters. The Bertz CT molecular complexity index is 1080. The molecule has 2 atom stereocenters. The van der Waals surface area contributed by atoms with Crippen molar-refractivity contribution in [3.05, 3.63) is 42.4 Å². The zero-order valence-corrected chi connectivity index (χ0v) is 17.3. The minimum atomic E-state index is -4.43. The Hall–Kier alpha value is -2.72. The van der Waals surface area contributed by atoms with Crippen molar-refractivity contribution in [2.75, 3.05) is 31.2 Å². The lowest BCUT2D eigenvalue weighted by Crippen LogP contribution is -2.64.